The number of benzene rings is 1. The number of likely N-dealkylation sites (tertiary alicyclic amines) is 1. The molecule has 17 heavy (non-hydrogen) atoms. The monoisotopic (exact) mass is 232 g/mol. The highest BCUT2D eigenvalue weighted by molar-refractivity contribution is 5.80. The van der Waals surface area contributed by atoms with Crippen molar-refractivity contribution in [3.05, 3.63) is 35.4 Å². The summed E-state index contributed by atoms with van der Waals surface area (Å²) in [7, 11) is 0. The van der Waals surface area contributed by atoms with Gasteiger partial charge in [-0.3, -0.25) is 4.79 Å². The summed E-state index contributed by atoms with van der Waals surface area (Å²) in [6, 6.07) is 8.41. The lowest BCUT2D eigenvalue weighted by atomic mass is 9.98. The van der Waals surface area contributed by atoms with E-state index >= 15 is 0 Å². The largest absolute Gasteiger partial charge is 0.332 e. The van der Waals surface area contributed by atoms with E-state index in [0.717, 1.165) is 5.56 Å². The van der Waals surface area contributed by atoms with Crippen molar-refractivity contribution in [3.8, 4) is 0 Å². The maximum Gasteiger partial charge on any atom is 0.225 e. The van der Waals surface area contributed by atoms with Crippen LogP contribution in [-0.4, -0.2) is 22.9 Å². The summed E-state index contributed by atoms with van der Waals surface area (Å²) in [6.07, 6.45) is 0.455. The quantitative estimate of drug-likeness (QED) is 0.847. The summed E-state index contributed by atoms with van der Waals surface area (Å²) < 4.78 is 0. The number of carbonyl (C=O) groups is 1. The van der Waals surface area contributed by atoms with Crippen LogP contribution in [0.25, 0.3) is 0 Å². The normalized spacial score (nSPS) is 24.8. The van der Waals surface area contributed by atoms with Gasteiger partial charge < -0.3 is 10.6 Å². The van der Waals surface area contributed by atoms with Gasteiger partial charge in [-0.1, -0.05) is 29.8 Å². The van der Waals surface area contributed by atoms with Gasteiger partial charge in [0.15, 0.2) is 0 Å². The van der Waals surface area contributed by atoms with Crippen LogP contribution >= 0.6 is 0 Å². The Labute approximate surface area is 103 Å². The third kappa shape index (κ3) is 2.20. The van der Waals surface area contributed by atoms with Crippen molar-refractivity contribution in [1.29, 1.82) is 0 Å². The molecule has 1 saturated heterocycles. The summed E-state index contributed by atoms with van der Waals surface area (Å²) in [5, 5.41) is 0. The van der Waals surface area contributed by atoms with E-state index < -0.39 is 0 Å². The first-order valence-corrected chi connectivity index (χ1v) is 6.14. The highest BCUT2D eigenvalue weighted by Crippen LogP contribution is 2.33. The lowest BCUT2D eigenvalue weighted by Gasteiger charge is -2.30. The average Bonchev–Trinajstić information content (AvgIpc) is 2.53. The molecule has 1 aromatic carbocycles. The molecule has 0 unspecified atom stereocenters. The number of aryl methyl sites for hydroxylation is 1. The van der Waals surface area contributed by atoms with Gasteiger partial charge >= 0.3 is 0 Å². The van der Waals surface area contributed by atoms with Crippen LogP contribution in [0.4, 0.5) is 0 Å². The first-order chi connectivity index (χ1) is 8.00. The number of rotatable bonds is 2. The first kappa shape index (κ1) is 12.1. The zero-order valence-electron chi connectivity index (χ0n) is 10.7. The summed E-state index contributed by atoms with van der Waals surface area (Å²) in [5.41, 5.74) is 8.47. The number of hydrogen-bond acceptors (Lipinski definition) is 2. The molecule has 1 aliphatic heterocycles. The Morgan fingerprint density at radius 2 is 2.12 bits per heavy atom. The Morgan fingerprint density at radius 3 is 2.71 bits per heavy atom. The smallest absolute Gasteiger partial charge is 0.225 e. The Bertz CT molecular complexity index is 428. The molecule has 0 aromatic heterocycles. The molecule has 2 atom stereocenters. The second kappa shape index (κ2) is 4.49. The van der Waals surface area contributed by atoms with Crippen LogP contribution in [0, 0.1) is 6.92 Å². The van der Waals surface area contributed by atoms with Crippen molar-refractivity contribution >= 4 is 5.91 Å². The lowest BCUT2D eigenvalue weighted by Crippen LogP contribution is -2.37. The molecule has 1 heterocycles. The van der Waals surface area contributed by atoms with Crippen LogP contribution in [0.1, 0.15) is 37.4 Å². The summed E-state index contributed by atoms with van der Waals surface area (Å²) in [5.74, 6) is 0.166. The maximum atomic E-state index is 11.9. The molecule has 2 rings (SSSR count). The molecule has 1 aromatic rings. The van der Waals surface area contributed by atoms with Crippen molar-refractivity contribution in [2.45, 2.75) is 45.3 Å². The van der Waals surface area contributed by atoms with Gasteiger partial charge in [-0.05, 0) is 26.3 Å². The third-order valence-electron chi connectivity index (χ3n) is 3.34. The van der Waals surface area contributed by atoms with Gasteiger partial charge in [0.05, 0.1) is 6.04 Å². The van der Waals surface area contributed by atoms with Crippen molar-refractivity contribution in [2.75, 3.05) is 0 Å². The Kier molecular flexibility index (Phi) is 3.20. The molecule has 3 nitrogen and oxygen atoms in total. The number of carbonyl (C=O) groups excluding carboxylic acids is 1. The van der Waals surface area contributed by atoms with Crippen molar-refractivity contribution in [1.82, 2.24) is 4.90 Å². The fourth-order valence-electron chi connectivity index (χ4n) is 2.65. The van der Waals surface area contributed by atoms with Gasteiger partial charge in [-0.2, -0.15) is 0 Å². The van der Waals surface area contributed by atoms with Gasteiger partial charge in [0.25, 0.3) is 0 Å². The molecule has 0 saturated carbocycles. The predicted molar refractivity (Wildman–Crippen MR) is 68.5 cm³/mol. The van der Waals surface area contributed by atoms with Crippen molar-refractivity contribution in [3.63, 3.8) is 0 Å². The minimum absolute atomic E-state index is 0.0300. The van der Waals surface area contributed by atoms with E-state index in [9.17, 15) is 4.79 Å². The van der Waals surface area contributed by atoms with Gasteiger partial charge in [0.2, 0.25) is 5.91 Å². The molecular formula is C14H20N2O. The highest BCUT2D eigenvalue weighted by atomic mass is 16.2. The SMILES string of the molecule is Cc1cccc([C@H]2[C@H](N)CC(=O)N2C(C)C)c1. The third-order valence-corrected chi connectivity index (χ3v) is 3.34. The molecule has 92 valence electrons. The highest BCUT2D eigenvalue weighted by Gasteiger charge is 2.39. The molecule has 1 aliphatic rings. The number of nitrogens with two attached hydrogens (primary N) is 1. The van der Waals surface area contributed by atoms with E-state index in [2.05, 4.69) is 25.1 Å². The number of nitrogens with zero attached hydrogens (tertiary/aromatic N) is 1. The predicted octanol–water partition coefficient (Wildman–Crippen LogP) is 2.00. The standard InChI is InChI=1S/C14H20N2O/c1-9(2)16-13(17)8-12(15)14(16)11-6-4-5-10(3)7-11/h4-7,9,12,14H,8,15H2,1-3H3/t12-,14+/m1/s1. The second-order valence-electron chi connectivity index (χ2n) is 5.12. The minimum Gasteiger partial charge on any atom is -0.332 e. The summed E-state index contributed by atoms with van der Waals surface area (Å²) in [4.78, 5) is 13.9. The molecule has 1 fully saturated rings. The van der Waals surface area contributed by atoms with Gasteiger partial charge in [-0.25, -0.2) is 0 Å². The Hall–Kier alpha value is -1.35. The van der Waals surface area contributed by atoms with Gasteiger partial charge in [-0.15, -0.1) is 0 Å². The maximum absolute atomic E-state index is 11.9. The van der Waals surface area contributed by atoms with E-state index in [1.807, 2.05) is 24.8 Å². The van der Waals surface area contributed by atoms with Crippen molar-refractivity contribution < 1.29 is 4.79 Å². The fourth-order valence-corrected chi connectivity index (χ4v) is 2.65. The molecule has 3 heteroatoms. The fraction of sp³-hybridized carbons (Fsp3) is 0.500. The summed E-state index contributed by atoms with van der Waals surface area (Å²) in [6.45, 7) is 6.14. The van der Waals surface area contributed by atoms with Crippen LogP contribution in [-0.2, 0) is 4.79 Å². The van der Waals surface area contributed by atoms with E-state index in [4.69, 9.17) is 5.73 Å². The average molecular weight is 232 g/mol. The van der Waals surface area contributed by atoms with E-state index in [1.54, 1.807) is 0 Å². The van der Waals surface area contributed by atoms with Crippen LogP contribution in [0.2, 0.25) is 0 Å². The zero-order chi connectivity index (χ0) is 12.6. The van der Waals surface area contributed by atoms with Crippen LogP contribution in [0.15, 0.2) is 24.3 Å². The second-order valence-corrected chi connectivity index (χ2v) is 5.12. The number of amides is 1. The van der Waals surface area contributed by atoms with E-state index in [-0.39, 0.29) is 24.0 Å². The molecule has 0 bridgehead atoms. The first-order valence-electron chi connectivity index (χ1n) is 6.14. The van der Waals surface area contributed by atoms with E-state index in [1.165, 1.54) is 5.56 Å². The Morgan fingerprint density at radius 1 is 1.41 bits per heavy atom. The molecule has 0 radical (unpaired) electrons. The lowest BCUT2D eigenvalue weighted by molar-refractivity contribution is -0.130. The summed E-state index contributed by atoms with van der Waals surface area (Å²) >= 11 is 0. The molecule has 0 aliphatic carbocycles. The molecule has 1 amide bonds. The minimum atomic E-state index is -0.0910. The van der Waals surface area contributed by atoms with Crippen LogP contribution in [0.5, 0.6) is 0 Å². The number of hydrogen-bond donors (Lipinski definition) is 1. The van der Waals surface area contributed by atoms with Crippen LogP contribution < -0.4 is 5.73 Å². The van der Waals surface area contributed by atoms with Gasteiger partial charge in [0.1, 0.15) is 0 Å². The zero-order valence-corrected chi connectivity index (χ0v) is 10.7. The van der Waals surface area contributed by atoms with Gasteiger partial charge in [0, 0.05) is 18.5 Å². The van der Waals surface area contributed by atoms with E-state index in [0.29, 0.717) is 6.42 Å². The van der Waals surface area contributed by atoms with Crippen molar-refractivity contribution in [2.24, 2.45) is 5.73 Å². The molecular weight excluding hydrogens is 212 g/mol. The topological polar surface area (TPSA) is 46.3 Å². The molecule has 0 spiro atoms. The molecule has 2 N–H and O–H groups in total. The Balaban J connectivity index is 2.38. The van der Waals surface area contributed by atoms with Crippen LogP contribution in [0.3, 0.4) is 0 Å².